The Bertz CT molecular complexity index is 442. The minimum absolute atomic E-state index is 0.434. The zero-order chi connectivity index (χ0) is 9.38. The molecular weight excluding hydrogens is 176 g/mol. The van der Waals surface area contributed by atoms with Crippen LogP contribution < -0.4 is 5.32 Å². The lowest BCUT2D eigenvalue weighted by atomic mass is 10.1. The van der Waals surface area contributed by atoms with Gasteiger partial charge in [0.05, 0.1) is 11.2 Å². The van der Waals surface area contributed by atoms with Crippen molar-refractivity contribution in [3.05, 3.63) is 24.2 Å². The zero-order valence-corrected chi connectivity index (χ0v) is 7.83. The van der Waals surface area contributed by atoms with Crippen LogP contribution in [0.3, 0.4) is 0 Å². The first-order chi connectivity index (χ1) is 6.95. The van der Waals surface area contributed by atoms with Gasteiger partial charge in [-0.05, 0) is 25.5 Å². The number of H-pyrrole nitrogens is 1. The van der Waals surface area contributed by atoms with Crippen LogP contribution in [0, 0.1) is 0 Å². The lowest BCUT2D eigenvalue weighted by molar-refractivity contribution is 0.629. The van der Waals surface area contributed by atoms with E-state index in [4.69, 9.17) is 0 Å². The third-order valence-corrected chi connectivity index (χ3v) is 2.79. The largest absolute Gasteiger partial charge is 0.309 e. The molecule has 1 saturated heterocycles. The number of aromatic nitrogens is 3. The number of fused-ring (bicyclic) bond motifs is 1. The molecule has 2 N–H and O–H groups in total. The molecule has 0 bridgehead atoms. The van der Waals surface area contributed by atoms with Gasteiger partial charge in [-0.2, -0.15) is 5.10 Å². The maximum absolute atomic E-state index is 4.26. The minimum atomic E-state index is 0.434. The molecular formula is C10H12N4. The van der Waals surface area contributed by atoms with Crippen LogP contribution in [0.4, 0.5) is 0 Å². The third-order valence-electron chi connectivity index (χ3n) is 2.79. The van der Waals surface area contributed by atoms with Crippen molar-refractivity contribution >= 4 is 10.9 Å². The molecule has 4 nitrogen and oxygen atoms in total. The van der Waals surface area contributed by atoms with E-state index in [0.29, 0.717) is 6.04 Å². The molecule has 1 aliphatic heterocycles. The molecule has 2 aromatic heterocycles. The van der Waals surface area contributed by atoms with E-state index < -0.39 is 0 Å². The van der Waals surface area contributed by atoms with E-state index >= 15 is 0 Å². The second-order valence-electron chi connectivity index (χ2n) is 3.68. The smallest absolute Gasteiger partial charge is 0.0955 e. The van der Waals surface area contributed by atoms with Gasteiger partial charge >= 0.3 is 0 Å². The summed E-state index contributed by atoms with van der Waals surface area (Å²) < 4.78 is 0. The van der Waals surface area contributed by atoms with E-state index in [-0.39, 0.29) is 0 Å². The van der Waals surface area contributed by atoms with E-state index in [1.54, 1.807) is 6.20 Å². The van der Waals surface area contributed by atoms with Crippen molar-refractivity contribution in [2.45, 2.75) is 18.9 Å². The molecule has 2 aromatic rings. The van der Waals surface area contributed by atoms with Crippen molar-refractivity contribution in [2.24, 2.45) is 0 Å². The average Bonchev–Trinajstić information content (AvgIpc) is 2.85. The van der Waals surface area contributed by atoms with Gasteiger partial charge in [0.2, 0.25) is 0 Å². The highest BCUT2D eigenvalue weighted by Gasteiger charge is 2.20. The van der Waals surface area contributed by atoms with Gasteiger partial charge in [-0.25, -0.2) is 0 Å². The molecule has 0 aromatic carbocycles. The fraction of sp³-hybridized carbons (Fsp3) is 0.400. The van der Waals surface area contributed by atoms with Crippen LogP contribution in [-0.2, 0) is 0 Å². The van der Waals surface area contributed by atoms with E-state index in [0.717, 1.165) is 17.4 Å². The summed E-state index contributed by atoms with van der Waals surface area (Å²) in [7, 11) is 0. The molecule has 0 amide bonds. The van der Waals surface area contributed by atoms with Crippen LogP contribution in [0.15, 0.2) is 18.5 Å². The number of pyridine rings is 1. The summed E-state index contributed by atoms with van der Waals surface area (Å²) in [5.74, 6) is 0. The number of hydrogen-bond acceptors (Lipinski definition) is 3. The molecule has 72 valence electrons. The van der Waals surface area contributed by atoms with Crippen molar-refractivity contribution in [2.75, 3.05) is 6.54 Å². The lowest BCUT2D eigenvalue weighted by Gasteiger charge is -2.06. The van der Waals surface area contributed by atoms with Crippen LogP contribution in [0.5, 0.6) is 0 Å². The highest BCUT2D eigenvalue weighted by atomic mass is 15.1. The molecule has 3 heterocycles. The maximum Gasteiger partial charge on any atom is 0.0955 e. The molecule has 4 heteroatoms. The van der Waals surface area contributed by atoms with E-state index in [2.05, 4.69) is 20.5 Å². The van der Waals surface area contributed by atoms with Crippen LogP contribution in [0.25, 0.3) is 10.9 Å². The Morgan fingerprint density at radius 3 is 3.29 bits per heavy atom. The van der Waals surface area contributed by atoms with Gasteiger partial charge < -0.3 is 5.32 Å². The third kappa shape index (κ3) is 1.11. The lowest BCUT2D eigenvalue weighted by Crippen LogP contribution is -2.13. The number of aromatic amines is 1. The van der Waals surface area contributed by atoms with Gasteiger partial charge in [0, 0.05) is 23.8 Å². The van der Waals surface area contributed by atoms with Crippen molar-refractivity contribution in [1.29, 1.82) is 0 Å². The molecule has 3 rings (SSSR count). The first kappa shape index (κ1) is 7.94. The van der Waals surface area contributed by atoms with Gasteiger partial charge in [-0.3, -0.25) is 10.1 Å². The van der Waals surface area contributed by atoms with Gasteiger partial charge in [0.25, 0.3) is 0 Å². The second-order valence-corrected chi connectivity index (χ2v) is 3.68. The van der Waals surface area contributed by atoms with E-state index in [9.17, 15) is 0 Å². The predicted octanol–water partition coefficient (Wildman–Crippen LogP) is 1.38. The number of nitrogens with zero attached hydrogens (tertiary/aromatic N) is 2. The highest BCUT2D eigenvalue weighted by Crippen LogP contribution is 2.26. The van der Waals surface area contributed by atoms with Crippen LogP contribution >= 0.6 is 0 Å². The summed E-state index contributed by atoms with van der Waals surface area (Å²) in [6, 6.07) is 2.37. The van der Waals surface area contributed by atoms with Gasteiger partial charge in [0.1, 0.15) is 0 Å². The summed E-state index contributed by atoms with van der Waals surface area (Å²) in [6.45, 7) is 1.10. The quantitative estimate of drug-likeness (QED) is 0.711. The standard InChI is InChI=1S/C10H12N4/c1-2-9(12-4-1)10-7-6-11-5-3-8(7)13-14-10/h3,5-6,9,12H,1-2,4H2,(H,13,14). The van der Waals surface area contributed by atoms with Crippen molar-refractivity contribution in [1.82, 2.24) is 20.5 Å². The highest BCUT2D eigenvalue weighted by molar-refractivity contribution is 5.80. The molecule has 0 radical (unpaired) electrons. The first-order valence-corrected chi connectivity index (χ1v) is 4.96. The Morgan fingerprint density at radius 1 is 1.43 bits per heavy atom. The second kappa shape index (κ2) is 3.06. The fourth-order valence-electron chi connectivity index (χ4n) is 2.07. The maximum atomic E-state index is 4.26. The Hall–Kier alpha value is -1.42. The van der Waals surface area contributed by atoms with Gasteiger partial charge in [-0.1, -0.05) is 0 Å². The average molecular weight is 188 g/mol. The molecule has 1 atom stereocenters. The molecule has 1 unspecified atom stereocenters. The Labute approximate surface area is 81.7 Å². The topological polar surface area (TPSA) is 53.6 Å². The fourth-order valence-corrected chi connectivity index (χ4v) is 2.07. The normalized spacial score (nSPS) is 21.9. The molecule has 1 aliphatic rings. The van der Waals surface area contributed by atoms with Crippen molar-refractivity contribution < 1.29 is 0 Å². The number of rotatable bonds is 1. The Morgan fingerprint density at radius 2 is 2.43 bits per heavy atom. The van der Waals surface area contributed by atoms with Crippen LogP contribution in [-0.4, -0.2) is 21.7 Å². The van der Waals surface area contributed by atoms with Gasteiger partial charge in [0.15, 0.2) is 0 Å². The monoisotopic (exact) mass is 188 g/mol. The molecule has 14 heavy (non-hydrogen) atoms. The van der Waals surface area contributed by atoms with Crippen LogP contribution in [0.2, 0.25) is 0 Å². The molecule has 0 aliphatic carbocycles. The van der Waals surface area contributed by atoms with Crippen molar-refractivity contribution in [3.63, 3.8) is 0 Å². The van der Waals surface area contributed by atoms with Crippen LogP contribution in [0.1, 0.15) is 24.6 Å². The summed E-state index contributed by atoms with van der Waals surface area (Å²) in [5.41, 5.74) is 2.19. The Kier molecular flexibility index (Phi) is 1.73. The zero-order valence-electron chi connectivity index (χ0n) is 7.83. The van der Waals surface area contributed by atoms with Gasteiger partial charge in [-0.15, -0.1) is 0 Å². The van der Waals surface area contributed by atoms with Crippen molar-refractivity contribution in [3.8, 4) is 0 Å². The number of nitrogens with one attached hydrogen (secondary N) is 2. The SMILES string of the molecule is c1cc2n[nH]c(C3CCCN3)c2cn1. The summed E-state index contributed by atoms with van der Waals surface area (Å²) >= 11 is 0. The van der Waals surface area contributed by atoms with E-state index in [1.165, 1.54) is 18.5 Å². The summed E-state index contributed by atoms with van der Waals surface area (Å²) in [4.78, 5) is 4.13. The summed E-state index contributed by atoms with van der Waals surface area (Å²) in [5, 5.41) is 12.0. The van der Waals surface area contributed by atoms with E-state index in [1.807, 2.05) is 12.3 Å². The number of hydrogen-bond donors (Lipinski definition) is 2. The Balaban J connectivity index is 2.11. The molecule has 0 saturated carbocycles. The minimum Gasteiger partial charge on any atom is -0.309 e. The summed E-state index contributed by atoms with van der Waals surface area (Å²) in [6.07, 6.45) is 6.08. The molecule has 1 fully saturated rings. The predicted molar refractivity (Wildman–Crippen MR) is 53.9 cm³/mol. The first-order valence-electron chi connectivity index (χ1n) is 4.96. The molecule has 0 spiro atoms.